The molecule has 0 amide bonds. The van der Waals surface area contributed by atoms with Crippen molar-refractivity contribution in [3.8, 4) is 11.5 Å². The molecule has 0 spiro atoms. The molecule has 2 aromatic carbocycles. The maximum Gasteiger partial charge on any atom is 0.132 e. The third-order valence-electron chi connectivity index (χ3n) is 5.28. The first-order valence-corrected chi connectivity index (χ1v) is 9.79. The smallest absolute Gasteiger partial charge is 0.132 e. The molecule has 0 saturated heterocycles. The molecule has 1 aliphatic heterocycles. The van der Waals surface area contributed by atoms with Crippen molar-refractivity contribution in [2.45, 2.75) is 71.6 Å². The fourth-order valence-electron chi connectivity index (χ4n) is 3.63. The van der Waals surface area contributed by atoms with Gasteiger partial charge in [0.2, 0.25) is 0 Å². The summed E-state index contributed by atoms with van der Waals surface area (Å²) >= 11 is 3.91. The minimum Gasteiger partial charge on any atom is -0.457 e. The first kappa shape index (κ1) is 18.5. The monoisotopic (exact) mass is 400 g/mol. The Bertz CT molecular complexity index is 832. The van der Waals surface area contributed by atoms with Crippen LogP contribution in [0.3, 0.4) is 0 Å². The Labute approximate surface area is 160 Å². The van der Waals surface area contributed by atoms with Crippen molar-refractivity contribution in [2.75, 3.05) is 0 Å². The fraction of sp³-hybridized carbons (Fsp3) is 0.478. The summed E-state index contributed by atoms with van der Waals surface area (Å²) in [4.78, 5) is 0. The normalized spacial score (nSPS) is 16.0. The number of benzene rings is 2. The van der Waals surface area contributed by atoms with Crippen LogP contribution in [0, 0.1) is 0 Å². The van der Waals surface area contributed by atoms with Crippen LogP contribution in [-0.4, -0.2) is 0 Å². The van der Waals surface area contributed by atoms with Crippen LogP contribution in [0.1, 0.15) is 77.6 Å². The van der Waals surface area contributed by atoms with Crippen molar-refractivity contribution in [3.63, 3.8) is 0 Å². The van der Waals surface area contributed by atoms with Gasteiger partial charge < -0.3 is 4.74 Å². The maximum atomic E-state index is 6.30. The Morgan fingerprint density at radius 1 is 0.840 bits per heavy atom. The number of hydrogen-bond donors (Lipinski definition) is 0. The molecule has 0 unspecified atom stereocenters. The van der Waals surface area contributed by atoms with Gasteiger partial charge in [-0.3, -0.25) is 0 Å². The minimum atomic E-state index is -0.121. The lowest BCUT2D eigenvalue weighted by molar-refractivity contribution is 0.413. The largest absolute Gasteiger partial charge is 0.457 e. The van der Waals surface area contributed by atoms with Crippen LogP contribution in [0.15, 0.2) is 34.8 Å². The second-order valence-electron chi connectivity index (χ2n) is 9.74. The van der Waals surface area contributed by atoms with Gasteiger partial charge in [0.15, 0.2) is 0 Å². The zero-order valence-electron chi connectivity index (χ0n) is 16.7. The van der Waals surface area contributed by atoms with E-state index in [1.54, 1.807) is 0 Å². The molecule has 0 radical (unpaired) electrons. The van der Waals surface area contributed by atoms with E-state index in [9.17, 15) is 0 Å². The highest BCUT2D eigenvalue weighted by atomic mass is 79.9. The summed E-state index contributed by atoms with van der Waals surface area (Å²) in [5.41, 5.74) is 5.25. The van der Waals surface area contributed by atoms with E-state index < -0.39 is 0 Å². The van der Waals surface area contributed by atoms with E-state index in [0.29, 0.717) is 0 Å². The lowest BCUT2D eigenvalue weighted by Crippen LogP contribution is -2.27. The van der Waals surface area contributed by atoms with Crippen molar-refractivity contribution in [1.82, 2.24) is 0 Å². The summed E-state index contributed by atoms with van der Waals surface area (Å²) < 4.78 is 7.47. The Hall–Kier alpha value is -1.28. The maximum absolute atomic E-state index is 6.30. The van der Waals surface area contributed by atoms with Gasteiger partial charge in [-0.2, -0.15) is 0 Å². The summed E-state index contributed by atoms with van der Waals surface area (Å²) in [7, 11) is 0. The molecular formula is C23H29BrO. The van der Waals surface area contributed by atoms with Crippen LogP contribution >= 0.6 is 15.9 Å². The SMILES string of the molecule is CC(C)(C)c1ccc2c(c1)C(C)(C)c1c(ccc(C(C)(C)C)c1Br)O2. The average Bonchev–Trinajstić information content (AvgIpc) is 2.44. The predicted molar refractivity (Wildman–Crippen MR) is 110 cm³/mol. The van der Waals surface area contributed by atoms with E-state index in [-0.39, 0.29) is 16.2 Å². The second-order valence-corrected chi connectivity index (χ2v) is 10.5. The summed E-state index contributed by atoms with van der Waals surface area (Å²) in [5, 5.41) is 0. The highest BCUT2D eigenvalue weighted by Crippen LogP contribution is 2.52. The van der Waals surface area contributed by atoms with Gasteiger partial charge in [0.1, 0.15) is 11.5 Å². The van der Waals surface area contributed by atoms with Crippen LogP contribution in [0.4, 0.5) is 0 Å². The van der Waals surface area contributed by atoms with Gasteiger partial charge in [-0.25, -0.2) is 0 Å². The molecule has 0 aromatic heterocycles. The molecule has 0 N–H and O–H groups in total. The van der Waals surface area contributed by atoms with Gasteiger partial charge in [-0.1, -0.05) is 89.5 Å². The molecule has 2 heteroatoms. The Morgan fingerprint density at radius 2 is 1.44 bits per heavy atom. The van der Waals surface area contributed by atoms with Gasteiger partial charge >= 0.3 is 0 Å². The molecule has 134 valence electrons. The molecule has 0 aliphatic carbocycles. The molecule has 2 aromatic rings. The van der Waals surface area contributed by atoms with E-state index in [0.717, 1.165) is 11.5 Å². The van der Waals surface area contributed by atoms with E-state index >= 15 is 0 Å². The topological polar surface area (TPSA) is 9.23 Å². The molecule has 0 saturated carbocycles. The minimum absolute atomic E-state index is 0.0808. The molecular weight excluding hydrogens is 372 g/mol. The molecule has 0 fully saturated rings. The number of ether oxygens (including phenoxy) is 1. The van der Waals surface area contributed by atoms with Gasteiger partial charge in [0.05, 0.1) is 0 Å². The molecule has 1 heterocycles. The lowest BCUT2D eigenvalue weighted by Gasteiger charge is -2.38. The van der Waals surface area contributed by atoms with Crippen molar-refractivity contribution in [3.05, 3.63) is 57.1 Å². The summed E-state index contributed by atoms with van der Waals surface area (Å²) in [5.74, 6) is 1.93. The first-order chi connectivity index (χ1) is 11.3. The van der Waals surface area contributed by atoms with Crippen LogP contribution in [0.2, 0.25) is 0 Å². The highest BCUT2D eigenvalue weighted by Gasteiger charge is 2.38. The molecule has 0 atom stereocenters. The third-order valence-corrected chi connectivity index (χ3v) is 6.10. The van der Waals surface area contributed by atoms with Crippen molar-refractivity contribution in [1.29, 1.82) is 0 Å². The molecule has 1 nitrogen and oxygen atoms in total. The highest BCUT2D eigenvalue weighted by molar-refractivity contribution is 9.10. The van der Waals surface area contributed by atoms with Crippen molar-refractivity contribution >= 4 is 15.9 Å². The second kappa shape index (κ2) is 5.61. The van der Waals surface area contributed by atoms with Crippen LogP contribution in [0.5, 0.6) is 11.5 Å². The predicted octanol–water partition coefficient (Wildman–Crippen LogP) is 7.48. The summed E-state index contributed by atoms with van der Waals surface area (Å²) in [6, 6.07) is 11.0. The summed E-state index contributed by atoms with van der Waals surface area (Å²) in [6.45, 7) is 18.1. The number of halogens is 1. The Balaban J connectivity index is 2.25. The first-order valence-electron chi connectivity index (χ1n) is 9.00. The van der Waals surface area contributed by atoms with Gasteiger partial charge in [0, 0.05) is 21.0 Å². The van der Waals surface area contributed by atoms with Crippen LogP contribution in [0.25, 0.3) is 0 Å². The fourth-order valence-corrected chi connectivity index (χ4v) is 5.05. The van der Waals surface area contributed by atoms with Gasteiger partial charge in [-0.05, 0) is 34.1 Å². The number of rotatable bonds is 0. The Kier molecular flexibility index (Phi) is 4.15. The molecule has 0 bridgehead atoms. The van der Waals surface area contributed by atoms with Crippen molar-refractivity contribution in [2.24, 2.45) is 0 Å². The van der Waals surface area contributed by atoms with Gasteiger partial charge in [-0.15, -0.1) is 0 Å². The Morgan fingerprint density at radius 3 is 2.00 bits per heavy atom. The van der Waals surface area contributed by atoms with E-state index in [4.69, 9.17) is 4.74 Å². The zero-order valence-corrected chi connectivity index (χ0v) is 18.3. The summed E-state index contributed by atoms with van der Waals surface area (Å²) in [6.07, 6.45) is 0. The van der Waals surface area contributed by atoms with E-state index in [1.165, 1.54) is 26.7 Å². The standard InChI is InChI=1S/C23H29BrO/c1-21(2,3)14-9-11-17-16(13-14)23(7,8)19-18(25-17)12-10-15(20(19)24)22(4,5)6/h9-13H,1-8H3. The van der Waals surface area contributed by atoms with E-state index in [2.05, 4.69) is 102 Å². The van der Waals surface area contributed by atoms with Crippen molar-refractivity contribution < 1.29 is 4.74 Å². The molecule has 3 rings (SSSR count). The van der Waals surface area contributed by atoms with Crippen LogP contribution < -0.4 is 4.74 Å². The molecule has 25 heavy (non-hydrogen) atoms. The number of fused-ring (bicyclic) bond motifs is 2. The quantitative estimate of drug-likeness (QED) is 0.445. The molecule has 1 aliphatic rings. The zero-order chi connectivity index (χ0) is 18.8. The lowest BCUT2D eigenvalue weighted by atomic mass is 9.72. The number of hydrogen-bond acceptors (Lipinski definition) is 1. The van der Waals surface area contributed by atoms with Gasteiger partial charge in [0.25, 0.3) is 0 Å². The third kappa shape index (κ3) is 3.03. The van der Waals surface area contributed by atoms with E-state index in [1.807, 2.05) is 0 Å². The van der Waals surface area contributed by atoms with Crippen LogP contribution in [-0.2, 0) is 16.2 Å². The average molecular weight is 401 g/mol.